The van der Waals surface area contributed by atoms with Gasteiger partial charge >= 0.3 is 0 Å². The molecule has 0 bridgehead atoms. The SMILES string of the molecule is COc1ccc(CCC2CCC(C(O)c3ccc(OC)c(OC)c3)N2)cc1. The van der Waals surface area contributed by atoms with Gasteiger partial charge in [0, 0.05) is 12.1 Å². The largest absolute Gasteiger partial charge is 0.497 e. The average molecular weight is 371 g/mol. The molecule has 0 aromatic heterocycles. The number of nitrogens with one attached hydrogen (secondary N) is 1. The van der Waals surface area contributed by atoms with Gasteiger partial charge in [-0.25, -0.2) is 0 Å². The van der Waals surface area contributed by atoms with Crippen LogP contribution in [0.5, 0.6) is 17.2 Å². The molecule has 5 heteroatoms. The Hall–Kier alpha value is -2.24. The molecule has 27 heavy (non-hydrogen) atoms. The zero-order valence-corrected chi connectivity index (χ0v) is 16.3. The maximum absolute atomic E-state index is 10.8. The minimum Gasteiger partial charge on any atom is -0.497 e. The van der Waals surface area contributed by atoms with Crippen molar-refractivity contribution in [1.29, 1.82) is 0 Å². The van der Waals surface area contributed by atoms with Gasteiger partial charge in [0.25, 0.3) is 0 Å². The van der Waals surface area contributed by atoms with E-state index in [1.54, 1.807) is 21.3 Å². The van der Waals surface area contributed by atoms with Crippen LogP contribution in [0.2, 0.25) is 0 Å². The van der Waals surface area contributed by atoms with Crippen molar-refractivity contribution < 1.29 is 19.3 Å². The van der Waals surface area contributed by atoms with Crippen LogP contribution in [0.3, 0.4) is 0 Å². The smallest absolute Gasteiger partial charge is 0.161 e. The Bertz CT molecular complexity index is 732. The molecule has 0 saturated carbocycles. The van der Waals surface area contributed by atoms with Crippen LogP contribution in [0.25, 0.3) is 0 Å². The Morgan fingerprint density at radius 1 is 0.963 bits per heavy atom. The lowest BCUT2D eigenvalue weighted by atomic mass is 10.00. The zero-order chi connectivity index (χ0) is 19.2. The topological polar surface area (TPSA) is 60.0 Å². The predicted molar refractivity (Wildman–Crippen MR) is 106 cm³/mol. The van der Waals surface area contributed by atoms with Crippen LogP contribution in [0.1, 0.15) is 36.5 Å². The Labute approximate surface area is 161 Å². The second-order valence-corrected chi connectivity index (χ2v) is 6.99. The minimum absolute atomic E-state index is 0.0592. The van der Waals surface area contributed by atoms with E-state index in [1.807, 2.05) is 30.3 Å². The van der Waals surface area contributed by atoms with E-state index < -0.39 is 6.10 Å². The molecule has 3 rings (SSSR count). The van der Waals surface area contributed by atoms with Crippen LogP contribution in [0.15, 0.2) is 42.5 Å². The highest BCUT2D eigenvalue weighted by molar-refractivity contribution is 5.43. The van der Waals surface area contributed by atoms with E-state index in [0.717, 1.165) is 37.0 Å². The van der Waals surface area contributed by atoms with Crippen LogP contribution in [0, 0.1) is 0 Å². The van der Waals surface area contributed by atoms with Crippen LogP contribution in [-0.2, 0) is 6.42 Å². The third-order valence-corrected chi connectivity index (χ3v) is 5.35. The van der Waals surface area contributed by atoms with Crippen molar-refractivity contribution in [1.82, 2.24) is 5.32 Å². The highest BCUT2D eigenvalue weighted by Crippen LogP contribution is 2.33. The van der Waals surface area contributed by atoms with Crippen LogP contribution < -0.4 is 19.5 Å². The lowest BCUT2D eigenvalue weighted by molar-refractivity contribution is 0.134. The fourth-order valence-electron chi connectivity index (χ4n) is 3.73. The van der Waals surface area contributed by atoms with Crippen LogP contribution in [0.4, 0.5) is 0 Å². The molecule has 2 aromatic carbocycles. The highest BCUT2D eigenvalue weighted by atomic mass is 16.5. The van der Waals surface area contributed by atoms with Gasteiger partial charge in [-0.15, -0.1) is 0 Å². The Kier molecular flexibility index (Phi) is 6.58. The first kappa shape index (κ1) is 19.5. The van der Waals surface area contributed by atoms with Gasteiger partial charge in [0.05, 0.1) is 27.4 Å². The number of aliphatic hydroxyl groups excluding tert-OH is 1. The fourth-order valence-corrected chi connectivity index (χ4v) is 3.73. The molecule has 2 N–H and O–H groups in total. The molecule has 1 aliphatic rings. The van der Waals surface area contributed by atoms with Crippen LogP contribution >= 0.6 is 0 Å². The molecule has 5 nitrogen and oxygen atoms in total. The van der Waals surface area contributed by atoms with Gasteiger partial charge in [-0.2, -0.15) is 0 Å². The normalized spacial score (nSPS) is 20.3. The second kappa shape index (κ2) is 9.11. The molecule has 1 fully saturated rings. The van der Waals surface area contributed by atoms with Crippen LogP contribution in [-0.4, -0.2) is 38.5 Å². The molecule has 3 unspecified atom stereocenters. The lowest BCUT2D eigenvalue weighted by Gasteiger charge is -2.21. The first-order valence-electron chi connectivity index (χ1n) is 9.43. The lowest BCUT2D eigenvalue weighted by Crippen LogP contribution is -2.34. The monoisotopic (exact) mass is 371 g/mol. The summed E-state index contributed by atoms with van der Waals surface area (Å²) in [7, 11) is 4.90. The maximum atomic E-state index is 10.8. The molecule has 1 heterocycles. The van der Waals surface area contributed by atoms with Gasteiger partial charge in [0.1, 0.15) is 5.75 Å². The summed E-state index contributed by atoms with van der Waals surface area (Å²) < 4.78 is 15.8. The molecule has 0 amide bonds. The quantitative estimate of drug-likeness (QED) is 0.744. The van der Waals surface area contributed by atoms with Gasteiger partial charge in [-0.1, -0.05) is 18.2 Å². The third kappa shape index (κ3) is 4.73. The number of hydrogen-bond acceptors (Lipinski definition) is 5. The third-order valence-electron chi connectivity index (χ3n) is 5.35. The van der Waals surface area contributed by atoms with E-state index in [0.29, 0.717) is 17.5 Å². The predicted octanol–water partition coefficient (Wildman–Crippen LogP) is 3.50. The molecule has 0 spiro atoms. The molecular weight excluding hydrogens is 342 g/mol. The van der Waals surface area contributed by atoms with Crippen molar-refractivity contribution in [3.05, 3.63) is 53.6 Å². The van der Waals surface area contributed by atoms with E-state index >= 15 is 0 Å². The molecule has 0 aliphatic carbocycles. The molecule has 1 saturated heterocycles. The van der Waals surface area contributed by atoms with E-state index in [1.165, 1.54) is 5.56 Å². The number of aryl methyl sites for hydroxylation is 1. The number of benzene rings is 2. The van der Waals surface area contributed by atoms with Gasteiger partial charge < -0.3 is 24.6 Å². The van der Waals surface area contributed by atoms with E-state index in [2.05, 4.69) is 17.4 Å². The van der Waals surface area contributed by atoms with Crippen molar-refractivity contribution >= 4 is 0 Å². The van der Waals surface area contributed by atoms with E-state index in [-0.39, 0.29) is 6.04 Å². The first-order chi connectivity index (χ1) is 13.1. The zero-order valence-electron chi connectivity index (χ0n) is 16.3. The van der Waals surface area contributed by atoms with Crippen molar-refractivity contribution in [2.24, 2.45) is 0 Å². The molecule has 3 atom stereocenters. The van der Waals surface area contributed by atoms with Crippen molar-refractivity contribution in [2.75, 3.05) is 21.3 Å². The molecule has 2 aromatic rings. The molecule has 1 aliphatic heterocycles. The minimum atomic E-state index is -0.559. The summed E-state index contributed by atoms with van der Waals surface area (Å²) in [5.74, 6) is 2.20. The Morgan fingerprint density at radius 2 is 1.70 bits per heavy atom. The average Bonchev–Trinajstić information content (AvgIpc) is 3.20. The van der Waals surface area contributed by atoms with Gasteiger partial charge in [0.2, 0.25) is 0 Å². The molecule has 146 valence electrons. The fraction of sp³-hybridized carbons (Fsp3) is 0.455. The first-order valence-corrected chi connectivity index (χ1v) is 9.43. The van der Waals surface area contributed by atoms with Gasteiger partial charge in [0.15, 0.2) is 11.5 Å². The van der Waals surface area contributed by atoms with Gasteiger partial charge in [-0.05, 0) is 61.1 Å². The number of ether oxygens (including phenoxy) is 3. The van der Waals surface area contributed by atoms with E-state index in [9.17, 15) is 5.11 Å². The summed E-state index contributed by atoms with van der Waals surface area (Å²) in [5, 5.41) is 14.4. The number of aliphatic hydroxyl groups is 1. The summed E-state index contributed by atoms with van der Waals surface area (Å²) in [4.78, 5) is 0. The Morgan fingerprint density at radius 3 is 2.37 bits per heavy atom. The summed E-state index contributed by atoms with van der Waals surface area (Å²) >= 11 is 0. The van der Waals surface area contributed by atoms with Gasteiger partial charge in [-0.3, -0.25) is 0 Å². The van der Waals surface area contributed by atoms with E-state index in [4.69, 9.17) is 14.2 Å². The second-order valence-electron chi connectivity index (χ2n) is 6.99. The van der Waals surface area contributed by atoms with Crippen molar-refractivity contribution in [3.63, 3.8) is 0 Å². The summed E-state index contributed by atoms with van der Waals surface area (Å²) in [6.07, 6.45) is 3.55. The number of hydrogen-bond donors (Lipinski definition) is 2. The highest BCUT2D eigenvalue weighted by Gasteiger charge is 2.30. The number of rotatable bonds is 8. The summed E-state index contributed by atoms with van der Waals surface area (Å²) in [5.41, 5.74) is 2.16. The standard InChI is InChI=1S/C22H29NO4/c1-25-18-10-5-15(6-11-18)4-8-17-9-12-19(23-17)22(24)16-7-13-20(26-2)21(14-16)27-3/h5-7,10-11,13-14,17,19,22-24H,4,8-9,12H2,1-3H3. The number of methoxy groups -OCH3 is 3. The molecular formula is C22H29NO4. The summed E-state index contributed by atoms with van der Waals surface area (Å²) in [6.45, 7) is 0. The Balaban J connectivity index is 1.55. The summed E-state index contributed by atoms with van der Waals surface area (Å²) in [6, 6.07) is 14.3. The molecule has 0 radical (unpaired) electrons. The maximum Gasteiger partial charge on any atom is 0.161 e. The van der Waals surface area contributed by atoms with Crippen molar-refractivity contribution in [3.8, 4) is 17.2 Å². The van der Waals surface area contributed by atoms with Crippen molar-refractivity contribution in [2.45, 2.75) is 43.9 Å².